The summed E-state index contributed by atoms with van der Waals surface area (Å²) in [6.07, 6.45) is 4.19. The van der Waals surface area contributed by atoms with Gasteiger partial charge in [0.25, 0.3) is 0 Å². The summed E-state index contributed by atoms with van der Waals surface area (Å²) < 4.78 is 0. The maximum absolute atomic E-state index is 12.4. The van der Waals surface area contributed by atoms with Gasteiger partial charge in [0.15, 0.2) is 0 Å². The third-order valence-corrected chi connectivity index (χ3v) is 7.14. The van der Waals surface area contributed by atoms with E-state index in [9.17, 15) is 15.0 Å². The molecule has 0 aliphatic heterocycles. The Bertz CT molecular complexity index is 522. The number of allylic oxidation sites excluding steroid dienone is 1. The molecule has 0 aromatic rings. The molecule has 2 N–H and O–H groups in total. The van der Waals surface area contributed by atoms with E-state index in [4.69, 9.17) is 0 Å². The summed E-state index contributed by atoms with van der Waals surface area (Å²) in [5, 5.41) is 19.9. The Balaban J connectivity index is 1.83. The van der Waals surface area contributed by atoms with Gasteiger partial charge in [-0.1, -0.05) is 19.4 Å². The summed E-state index contributed by atoms with van der Waals surface area (Å²) in [6.45, 7) is 4.53. The molecule has 0 heterocycles. The molecular weight excluding hydrogens is 252 g/mol. The van der Waals surface area contributed by atoms with Crippen molar-refractivity contribution in [1.29, 1.82) is 0 Å². The lowest BCUT2D eigenvalue weighted by Crippen LogP contribution is -2.53. The molecule has 110 valence electrons. The topological polar surface area (TPSA) is 57.5 Å². The number of ketones is 1. The SMILES string of the molecule is C[C@@]12CCC(=O)[C@@H]1[C@H]1C3=C(CO)[C@@H](O)CC[C@@]3(C)[C@H]1C2. The first kappa shape index (κ1) is 13.0. The molecule has 0 spiro atoms. The Morgan fingerprint density at radius 1 is 1.30 bits per heavy atom. The van der Waals surface area contributed by atoms with Gasteiger partial charge in [0.2, 0.25) is 0 Å². The molecule has 0 aromatic carbocycles. The summed E-state index contributed by atoms with van der Waals surface area (Å²) in [6, 6.07) is 0. The summed E-state index contributed by atoms with van der Waals surface area (Å²) in [5.41, 5.74) is 2.40. The van der Waals surface area contributed by atoms with E-state index in [0.29, 0.717) is 17.6 Å². The van der Waals surface area contributed by atoms with Gasteiger partial charge in [-0.15, -0.1) is 0 Å². The molecule has 0 aromatic heterocycles. The minimum absolute atomic E-state index is 0.0487. The van der Waals surface area contributed by atoms with Crippen LogP contribution in [0.1, 0.15) is 46.0 Å². The van der Waals surface area contributed by atoms with E-state index < -0.39 is 6.10 Å². The number of rotatable bonds is 1. The third kappa shape index (κ3) is 1.27. The zero-order valence-electron chi connectivity index (χ0n) is 12.4. The van der Waals surface area contributed by atoms with Gasteiger partial charge in [0, 0.05) is 12.3 Å². The Morgan fingerprint density at radius 2 is 2.05 bits per heavy atom. The van der Waals surface area contributed by atoms with Crippen LogP contribution in [-0.4, -0.2) is 28.7 Å². The molecular formula is C17H24O3. The van der Waals surface area contributed by atoms with Gasteiger partial charge in [0.05, 0.1) is 12.7 Å². The van der Waals surface area contributed by atoms with E-state index >= 15 is 0 Å². The number of hydrogen-bond donors (Lipinski definition) is 2. The second-order valence-corrected chi connectivity index (χ2v) is 8.00. The lowest BCUT2D eigenvalue weighted by Gasteiger charge is -2.58. The fourth-order valence-electron chi connectivity index (χ4n) is 6.19. The van der Waals surface area contributed by atoms with Crippen LogP contribution >= 0.6 is 0 Å². The van der Waals surface area contributed by atoms with E-state index in [0.717, 1.165) is 37.7 Å². The Kier molecular flexibility index (Phi) is 2.44. The van der Waals surface area contributed by atoms with Crippen molar-refractivity contribution in [2.24, 2.45) is 28.6 Å². The molecule has 3 heteroatoms. The molecule has 0 radical (unpaired) electrons. The van der Waals surface area contributed by atoms with Crippen molar-refractivity contribution in [1.82, 2.24) is 0 Å². The summed E-state index contributed by atoms with van der Waals surface area (Å²) in [4.78, 5) is 12.4. The Hall–Kier alpha value is -0.670. The van der Waals surface area contributed by atoms with Crippen molar-refractivity contribution in [2.75, 3.05) is 6.61 Å². The number of carbonyl (C=O) groups excluding carboxylic acids is 1. The summed E-state index contributed by atoms with van der Waals surface area (Å²) in [5.74, 6) is 1.48. The van der Waals surface area contributed by atoms with E-state index in [1.165, 1.54) is 5.57 Å². The van der Waals surface area contributed by atoms with Crippen molar-refractivity contribution >= 4 is 5.78 Å². The van der Waals surface area contributed by atoms with E-state index in [2.05, 4.69) is 13.8 Å². The average Bonchev–Trinajstić information content (AvgIpc) is 2.85. The second kappa shape index (κ2) is 3.75. The molecule has 3 nitrogen and oxygen atoms in total. The van der Waals surface area contributed by atoms with Crippen molar-refractivity contribution in [3.05, 3.63) is 11.1 Å². The molecule has 0 unspecified atom stereocenters. The second-order valence-electron chi connectivity index (χ2n) is 8.00. The van der Waals surface area contributed by atoms with Crippen molar-refractivity contribution in [3.8, 4) is 0 Å². The minimum Gasteiger partial charge on any atom is -0.392 e. The molecule has 3 fully saturated rings. The molecule has 0 bridgehead atoms. The van der Waals surface area contributed by atoms with Crippen LogP contribution in [0.25, 0.3) is 0 Å². The van der Waals surface area contributed by atoms with Crippen molar-refractivity contribution in [2.45, 2.75) is 52.1 Å². The molecule has 4 aliphatic rings. The molecule has 3 saturated carbocycles. The van der Waals surface area contributed by atoms with Crippen molar-refractivity contribution < 1.29 is 15.0 Å². The molecule has 4 aliphatic carbocycles. The van der Waals surface area contributed by atoms with Gasteiger partial charge in [-0.05, 0) is 53.9 Å². The van der Waals surface area contributed by atoms with Crippen LogP contribution in [0.3, 0.4) is 0 Å². The van der Waals surface area contributed by atoms with E-state index in [1.54, 1.807) is 0 Å². The van der Waals surface area contributed by atoms with Gasteiger partial charge in [-0.2, -0.15) is 0 Å². The first-order valence-electron chi connectivity index (χ1n) is 7.97. The zero-order chi connectivity index (χ0) is 14.3. The largest absolute Gasteiger partial charge is 0.392 e. The fraction of sp³-hybridized carbons (Fsp3) is 0.824. The van der Waals surface area contributed by atoms with Crippen LogP contribution in [0.15, 0.2) is 11.1 Å². The fourth-order valence-corrected chi connectivity index (χ4v) is 6.19. The summed E-state index contributed by atoms with van der Waals surface area (Å²) >= 11 is 0. The van der Waals surface area contributed by atoms with Crippen molar-refractivity contribution in [3.63, 3.8) is 0 Å². The lowest BCUT2D eigenvalue weighted by atomic mass is 9.46. The van der Waals surface area contributed by atoms with Gasteiger partial charge in [-0.3, -0.25) is 4.79 Å². The number of aliphatic hydroxyl groups excluding tert-OH is 2. The van der Waals surface area contributed by atoms with Gasteiger partial charge >= 0.3 is 0 Å². The average molecular weight is 276 g/mol. The first-order chi connectivity index (χ1) is 9.42. The monoisotopic (exact) mass is 276 g/mol. The zero-order valence-corrected chi connectivity index (χ0v) is 12.4. The van der Waals surface area contributed by atoms with Crippen LogP contribution in [-0.2, 0) is 4.79 Å². The number of Topliss-reactive ketones (excluding diaryl/α,β-unsaturated/α-hetero) is 1. The maximum Gasteiger partial charge on any atom is 0.137 e. The number of carbonyl (C=O) groups is 1. The Labute approximate surface area is 120 Å². The highest BCUT2D eigenvalue weighted by molar-refractivity contribution is 5.86. The van der Waals surface area contributed by atoms with Gasteiger partial charge < -0.3 is 10.2 Å². The molecule has 0 amide bonds. The van der Waals surface area contributed by atoms with E-state index in [1.807, 2.05) is 0 Å². The predicted octanol–water partition coefficient (Wildman–Crippen LogP) is 2.07. The van der Waals surface area contributed by atoms with Crippen LogP contribution in [0.4, 0.5) is 0 Å². The molecule has 0 saturated heterocycles. The standard InChI is InChI=1S/C17H24O3/c1-16-5-3-12(20)15(16)13-10(7-16)17(2)6-4-11(19)9(8-18)14(13)17/h10-11,13,15,18-19H,3-8H2,1-2H3/t10-,11-,13+,15+,16-,17-/m0/s1. The van der Waals surface area contributed by atoms with Crippen LogP contribution in [0.5, 0.6) is 0 Å². The highest BCUT2D eigenvalue weighted by atomic mass is 16.3. The quantitative estimate of drug-likeness (QED) is 0.721. The third-order valence-electron chi connectivity index (χ3n) is 7.14. The maximum atomic E-state index is 12.4. The molecule has 4 rings (SSSR count). The highest BCUT2D eigenvalue weighted by Crippen LogP contribution is 2.75. The number of fused-ring (bicyclic) bond motifs is 6. The number of hydrogen-bond acceptors (Lipinski definition) is 3. The van der Waals surface area contributed by atoms with Crippen LogP contribution < -0.4 is 0 Å². The predicted molar refractivity (Wildman–Crippen MR) is 74.9 cm³/mol. The van der Waals surface area contributed by atoms with Gasteiger partial charge in [-0.25, -0.2) is 0 Å². The van der Waals surface area contributed by atoms with Crippen LogP contribution in [0, 0.1) is 28.6 Å². The number of aliphatic hydroxyl groups is 2. The smallest absolute Gasteiger partial charge is 0.137 e. The molecule has 6 atom stereocenters. The molecule has 20 heavy (non-hydrogen) atoms. The van der Waals surface area contributed by atoms with E-state index in [-0.39, 0.29) is 23.4 Å². The summed E-state index contributed by atoms with van der Waals surface area (Å²) in [7, 11) is 0. The Morgan fingerprint density at radius 3 is 2.75 bits per heavy atom. The first-order valence-corrected chi connectivity index (χ1v) is 7.97. The van der Waals surface area contributed by atoms with Gasteiger partial charge in [0.1, 0.15) is 5.78 Å². The van der Waals surface area contributed by atoms with Crippen LogP contribution in [0.2, 0.25) is 0 Å². The normalized spacial score (nSPS) is 53.5. The lowest BCUT2D eigenvalue weighted by molar-refractivity contribution is -0.124. The minimum atomic E-state index is -0.493. The highest BCUT2D eigenvalue weighted by Gasteiger charge is 2.70.